The van der Waals surface area contributed by atoms with Crippen LogP contribution < -0.4 is 5.32 Å². The summed E-state index contributed by atoms with van der Waals surface area (Å²) in [6.45, 7) is 1.92. The monoisotopic (exact) mass is 285 g/mol. The first-order chi connectivity index (χ1) is 9.76. The van der Waals surface area contributed by atoms with Crippen LogP contribution in [0.1, 0.15) is 11.3 Å². The Morgan fingerprint density at radius 2 is 2.10 bits per heavy atom. The van der Waals surface area contributed by atoms with Crippen LogP contribution in [0.2, 0.25) is 0 Å². The van der Waals surface area contributed by atoms with Gasteiger partial charge in [0.2, 0.25) is 0 Å². The van der Waals surface area contributed by atoms with Gasteiger partial charge in [-0.15, -0.1) is 0 Å². The number of nitrogens with zero attached hydrogens (tertiary/aromatic N) is 2. The third-order valence-corrected chi connectivity index (χ3v) is 3.88. The normalized spacial score (nSPS) is 10.9. The van der Waals surface area contributed by atoms with Gasteiger partial charge in [-0.2, -0.15) is 0 Å². The lowest BCUT2D eigenvalue weighted by Crippen LogP contribution is -1.98. The number of hydrogen-bond donors (Lipinski definition) is 1. The second kappa shape index (κ2) is 5.54. The van der Waals surface area contributed by atoms with Crippen molar-refractivity contribution >= 4 is 28.5 Å². The van der Waals surface area contributed by atoms with Gasteiger partial charge in [0.25, 0.3) is 5.22 Å². The molecule has 0 amide bonds. The molecule has 0 spiro atoms. The van der Waals surface area contributed by atoms with E-state index in [0.29, 0.717) is 5.22 Å². The molecule has 1 aromatic carbocycles. The summed E-state index contributed by atoms with van der Waals surface area (Å²) in [6, 6.07) is 10.3. The van der Waals surface area contributed by atoms with Crippen LogP contribution in [0, 0.1) is 6.92 Å². The van der Waals surface area contributed by atoms with Crippen molar-refractivity contribution in [2.24, 2.45) is 0 Å². The van der Waals surface area contributed by atoms with Crippen LogP contribution >= 0.6 is 11.8 Å². The van der Waals surface area contributed by atoms with Gasteiger partial charge in [-0.05, 0) is 19.1 Å². The lowest BCUT2D eigenvalue weighted by molar-refractivity contribution is 0.454. The maximum atomic E-state index is 5.36. The van der Waals surface area contributed by atoms with Crippen LogP contribution in [0.3, 0.4) is 0 Å². The van der Waals surface area contributed by atoms with Crippen LogP contribution in [0.25, 0.3) is 10.9 Å². The van der Waals surface area contributed by atoms with E-state index in [2.05, 4.69) is 27.4 Å². The second-order valence-electron chi connectivity index (χ2n) is 4.48. The van der Waals surface area contributed by atoms with Crippen molar-refractivity contribution in [2.75, 3.05) is 12.4 Å². The predicted molar refractivity (Wildman–Crippen MR) is 82.1 cm³/mol. The lowest BCUT2D eigenvalue weighted by Gasteiger charge is -2.09. The molecule has 3 aromatic rings. The van der Waals surface area contributed by atoms with Gasteiger partial charge in [-0.1, -0.05) is 30.0 Å². The Kier molecular flexibility index (Phi) is 3.60. The molecule has 0 aliphatic carbocycles. The number of benzene rings is 1. The topological polar surface area (TPSA) is 51.0 Å². The molecule has 0 aliphatic heterocycles. The Bertz CT molecular complexity index is 739. The Morgan fingerprint density at radius 1 is 1.25 bits per heavy atom. The Labute approximate surface area is 121 Å². The van der Waals surface area contributed by atoms with E-state index in [1.807, 2.05) is 32.2 Å². The average molecular weight is 285 g/mol. The first-order valence-corrected chi connectivity index (χ1v) is 7.36. The van der Waals surface area contributed by atoms with Gasteiger partial charge in [0, 0.05) is 23.8 Å². The Balaban J connectivity index is 1.89. The lowest BCUT2D eigenvalue weighted by atomic mass is 10.1. The molecular formula is C15H15N3OS. The molecule has 5 heteroatoms. The van der Waals surface area contributed by atoms with E-state index in [-0.39, 0.29) is 0 Å². The molecule has 2 heterocycles. The third kappa shape index (κ3) is 2.63. The Morgan fingerprint density at radius 3 is 2.85 bits per heavy atom. The predicted octanol–water partition coefficient (Wildman–Crippen LogP) is 3.87. The van der Waals surface area contributed by atoms with E-state index < -0.39 is 0 Å². The number of aryl methyl sites for hydroxylation is 1. The van der Waals surface area contributed by atoms with E-state index in [9.17, 15) is 0 Å². The van der Waals surface area contributed by atoms with Gasteiger partial charge in [0.05, 0.1) is 11.2 Å². The fourth-order valence-electron chi connectivity index (χ4n) is 2.02. The smallest absolute Gasteiger partial charge is 0.256 e. The maximum Gasteiger partial charge on any atom is 0.256 e. The van der Waals surface area contributed by atoms with E-state index in [1.165, 1.54) is 0 Å². The van der Waals surface area contributed by atoms with E-state index in [0.717, 1.165) is 33.7 Å². The van der Waals surface area contributed by atoms with Crippen LogP contribution in [0.5, 0.6) is 0 Å². The summed E-state index contributed by atoms with van der Waals surface area (Å²) < 4.78 is 5.36. The summed E-state index contributed by atoms with van der Waals surface area (Å²) in [4.78, 5) is 8.93. The summed E-state index contributed by atoms with van der Waals surface area (Å²) in [6.07, 6.45) is 1.67. The highest BCUT2D eigenvalue weighted by molar-refractivity contribution is 7.98. The van der Waals surface area contributed by atoms with Gasteiger partial charge in [-0.25, -0.2) is 9.97 Å². The van der Waals surface area contributed by atoms with Crippen molar-refractivity contribution in [3.05, 3.63) is 47.9 Å². The summed E-state index contributed by atoms with van der Waals surface area (Å²) >= 11 is 1.57. The SMILES string of the molecule is CNc1nc2ccccc2cc1CSc1nc(C)co1. The van der Waals surface area contributed by atoms with Crippen molar-refractivity contribution in [2.45, 2.75) is 17.9 Å². The number of rotatable bonds is 4. The minimum Gasteiger partial charge on any atom is -0.440 e. The average Bonchev–Trinajstić information content (AvgIpc) is 2.89. The number of anilines is 1. The number of oxazole rings is 1. The zero-order chi connectivity index (χ0) is 13.9. The van der Waals surface area contributed by atoms with Gasteiger partial charge in [0.15, 0.2) is 0 Å². The van der Waals surface area contributed by atoms with Crippen LogP contribution in [-0.2, 0) is 5.75 Å². The van der Waals surface area contributed by atoms with Crippen molar-refractivity contribution in [1.29, 1.82) is 0 Å². The molecule has 4 nitrogen and oxygen atoms in total. The number of para-hydroxylation sites is 1. The number of thioether (sulfide) groups is 1. The summed E-state index contributed by atoms with van der Waals surface area (Å²) in [5.74, 6) is 1.67. The quantitative estimate of drug-likeness (QED) is 0.737. The van der Waals surface area contributed by atoms with Gasteiger partial charge in [0.1, 0.15) is 12.1 Å². The zero-order valence-electron chi connectivity index (χ0n) is 11.4. The molecule has 2 aromatic heterocycles. The molecular weight excluding hydrogens is 270 g/mol. The minimum absolute atomic E-state index is 0.692. The molecule has 0 saturated carbocycles. The zero-order valence-corrected chi connectivity index (χ0v) is 12.2. The summed E-state index contributed by atoms with van der Waals surface area (Å²) in [5, 5.41) is 4.99. The van der Waals surface area contributed by atoms with Crippen molar-refractivity contribution < 1.29 is 4.42 Å². The Hall–Kier alpha value is -2.01. The largest absolute Gasteiger partial charge is 0.440 e. The molecule has 0 saturated heterocycles. The fraction of sp³-hybridized carbons (Fsp3) is 0.200. The van der Waals surface area contributed by atoms with Crippen LogP contribution in [0.15, 0.2) is 46.2 Å². The highest BCUT2D eigenvalue weighted by Crippen LogP contribution is 2.27. The van der Waals surface area contributed by atoms with Crippen molar-refractivity contribution in [1.82, 2.24) is 9.97 Å². The minimum atomic E-state index is 0.692. The summed E-state index contributed by atoms with van der Waals surface area (Å²) in [7, 11) is 1.89. The first kappa shape index (κ1) is 13.0. The van der Waals surface area contributed by atoms with Crippen molar-refractivity contribution in [3.63, 3.8) is 0 Å². The maximum absolute atomic E-state index is 5.36. The fourth-order valence-corrected chi connectivity index (χ4v) is 2.85. The van der Waals surface area contributed by atoms with Gasteiger partial charge >= 0.3 is 0 Å². The molecule has 0 radical (unpaired) electrons. The standard InChI is InChI=1S/C15H15N3OS/c1-10-8-19-15(17-10)20-9-12-7-11-5-3-4-6-13(11)18-14(12)16-2/h3-8H,9H2,1-2H3,(H,16,18). The number of pyridine rings is 1. The molecule has 0 fully saturated rings. The molecule has 0 unspecified atom stereocenters. The molecule has 1 N–H and O–H groups in total. The first-order valence-electron chi connectivity index (χ1n) is 6.37. The molecule has 0 atom stereocenters. The number of hydrogen-bond acceptors (Lipinski definition) is 5. The van der Waals surface area contributed by atoms with Gasteiger partial charge in [-0.3, -0.25) is 0 Å². The highest BCUT2D eigenvalue weighted by Gasteiger charge is 2.08. The third-order valence-electron chi connectivity index (χ3n) is 2.99. The van der Waals surface area contributed by atoms with Crippen LogP contribution in [0.4, 0.5) is 5.82 Å². The number of fused-ring (bicyclic) bond motifs is 1. The highest BCUT2D eigenvalue weighted by atomic mass is 32.2. The molecule has 3 rings (SSSR count). The molecule has 20 heavy (non-hydrogen) atoms. The number of aromatic nitrogens is 2. The summed E-state index contributed by atoms with van der Waals surface area (Å²) in [5.41, 5.74) is 3.04. The van der Waals surface area contributed by atoms with E-state index >= 15 is 0 Å². The molecule has 0 bridgehead atoms. The molecule has 102 valence electrons. The van der Waals surface area contributed by atoms with E-state index in [1.54, 1.807) is 18.0 Å². The van der Waals surface area contributed by atoms with Crippen molar-refractivity contribution in [3.8, 4) is 0 Å². The second-order valence-corrected chi connectivity index (χ2v) is 5.41. The van der Waals surface area contributed by atoms with Gasteiger partial charge < -0.3 is 9.73 Å². The van der Waals surface area contributed by atoms with Crippen LogP contribution in [-0.4, -0.2) is 17.0 Å². The molecule has 0 aliphatic rings. The van der Waals surface area contributed by atoms with E-state index in [4.69, 9.17) is 4.42 Å². The number of nitrogens with one attached hydrogen (secondary N) is 1.